The third-order valence-electron chi connectivity index (χ3n) is 4.45. The molecule has 2 heterocycles. The SMILES string of the molecule is CCOCCNc1nc(SC)nc2c1cnn2CCNC(=O)C(C)Oc1ccccc1. The van der Waals surface area contributed by atoms with Crippen molar-refractivity contribution in [1.82, 2.24) is 25.1 Å². The van der Waals surface area contributed by atoms with Crippen molar-refractivity contribution in [3.8, 4) is 5.75 Å². The number of amides is 1. The van der Waals surface area contributed by atoms with E-state index in [0.717, 1.165) is 16.9 Å². The van der Waals surface area contributed by atoms with Gasteiger partial charge in [-0.3, -0.25) is 4.79 Å². The molecule has 1 amide bonds. The quantitative estimate of drug-likeness (QED) is 0.250. The lowest BCUT2D eigenvalue weighted by Crippen LogP contribution is -2.38. The van der Waals surface area contributed by atoms with Crippen molar-refractivity contribution in [3.63, 3.8) is 0 Å². The van der Waals surface area contributed by atoms with E-state index in [0.29, 0.717) is 43.8 Å². The van der Waals surface area contributed by atoms with Gasteiger partial charge in [-0.05, 0) is 32.2 Å². The molecule has 0 aliphatic carbocycles. The first-order valence-electron chi connectivity index (χ1n) is 10.2. The molecule has 0 saturated heterocycles. The zero-order chi connectivity index (χ0) is 22.1. The molecule has 31 heavy (non-hydrogen) atoms. The average molecular weight is 445 g/mol. The first kappa shape index (κ1) is 22.8. The van der Waals surface area contributed by atoms with Crippen LogP contribution in [0.15, 0.2) is 41.7 Å². The molecule has 2 N–H and O–H groups in total. The molecule has 1 aromatic carbocycles. The molecule has 0 aliphatic heterocycles. The van der Waals surface area contributed by atoms with Crippen LogP contribution in [-0.4, -0.2) is 64.3 Å². The lowest BCUT2D eigenvalue weighted by atomic mass is 10.3. The maximum absolute atomic E-state index is 12.3. The lowest BCUT2D eigenvalue weighted by Gasteiger charge is -2.14. The second kappa shape index (κ2) is 11.5. The van der Waals surface area contributed by atoms with E-state index >= 15 is 0 Å². The maximum Gasteiger partial charge on any atom is 0.260 e. The van der Waals surface area contributed by atoms with Crippen molar-refractivity contribution < 1.29 is 14.3 Å². The van der Waals surface area contributed by atoms with Crippen LogP contribution in [0.1, 0.15) is 13.8 Å². The monoisotopic (exact) mass is 444 g/mol. The van der Waals surface area contributed by atoms with E-state index in [1.54, 1.807) is 17.8 Å². The highest BCUT2D eigenvalue weighted by Gasteiger charge is 2.16. The largest absolute Gasteiger partial charge is 0.481 e. The van der Waals surface area contributed by atoms with Gasteiger partial charge in [0.1, 0.15) is 11.6 Å². The molecular formula is C21H28N6O3S. The number of anilines is 1. The van der Waals surface area contributed by atoms with Crippen molar-refractivity contribution in [3.05, 3.63) is 36.5 Å². The van der Waals surface area contributed by atoms with Crippen LogP contribution in [0.5, 0.6) is 5.75 Å². The predicted octanol–water partition coefficient (Wildman–Crippen LogP) is 2.58. The van der Waals surface area contributed by atoms with Gasteiger partial charge in [0, 0.05) is 19.7 Å². The second-order valence-electron chi connectivity index (χ2n) is 6.65. The van der Waals surface area contributed by atoms with Gasteiger partial charge in [-0.25, -0.2) is 14.6 Å². The number of nitrogens with zero attached hydrogens (tertiary/aromatic N) is 4. The van der Waals surface area contributed by atoms with E-state index in [1.807, 2.05) is 43.5 Å². The number of carbonyl (C=O) groups is 1. The predicted molar refractivity (Wildman–Crippen MR) is 122 cm³/mol. The van der Waals surface area contributed by atoms with Crippen LogP contribution in [0.2, 0.25) is 0 Å². The number of fused-ring (bicyclic) bond motifs is 1. The summed E-state index contributed by atoms with van der Waals surface area (Å²) in [4.78, 5) is 21.5. The van der Waals surface area contributed by atoms with Gasteiger partial charge in [0.15, 0.2) is 16.9 Å². The summed E-state index contributed by atoms with van der Waals surface area (Å²) in [5, 5.41) is 12.1. The lowest BCUT2D eigenvalue weighted by molar-refractivity contribution is -0.127. The number of aromatic nitrogens is 4. The third-order valence-corrected chi connectivity index (χ3v) is 5.00. The van der Waals surface area contributed by atoms with Crippen LogP contribution >= 0.6 is 11.8 Å². The van der Waals surface area contributed by atoms with Gasteiger partial charge in [0.25, 0.3) is 5.91 Å². The second-order valence-corrected chi connectivity index (χ2v) is 7.43. The molecule has 0 spiro atoms. The maximum atomic E-state index is 12.3. The highest BCUT2D eigenvalue weighted by atomic mass is 32.2. The van der Waals surface area contributed by atoms with Gasteiger partial charge in [0.05, 0.1) is 24.7 Å². The fourth-order valence-electron chi connectivity index (χ4n) is 2.90. The van der Waals surface area contributed by atoms with E-state index < -0.39 is 6.10 Å². The van der Waals surface area contributed by atoms with Gasteiger partial charge in [-0.15, -0.1) is 0 Å². The van der Waals surface area contributed by atoms with Crippen LogP contribution in [0.3, 0.4) is 0 Å². The number of rotatable bonds is 12. The molecular weight excluding hydrogens is 416 g/mol. The number of hydrogen-bond donors (Lipinski definition) is 2. The zero-order valence-corrected chi connectivity index (χ0v) is 18.8. The topological polar surface area (TPSA) is 103 Å². The highest BCUT2D eigenvalue weighted by Crippen LogP contribution is 2.23. The minimum Gasteiger partial charge on any atom is -0.481 e. The first-order chi connectivity index (χ1) is 15.1. The highest BCUT2D eigenvalue weighted by molar-refractivity contribution is 7.98. The fourth-order valence-corrected chi connectivity index (χ4v) is 3.26. The Labute approximate surface area is 185 Å². The van der Waals surface area contributed by atoms with Crippen LogP contribution in [0.4, 0.5) is 5.82 Å². The number of benzene rings is 1. The van der Waals surface area contributed by atoms with Crippen LogP contribution in [-0.2, 0) is 16.1 Å². The smallest absolute Gasteiger partial charge is 0.260 e. The number of nitrogens with one attached hydrogen (secondary N) is 2. The summed E-state index contributed by atoms with van der Waals surface area (Å²) in [6.07, 6.45) is 3.08. The van der Waals surface area contributed by atoms with Crippen LogP contribution in [0, 0.1) is 0 Å². The molecule has 0 radical (unpaired) electrons. The number of carbonyl (C=O) groups excluding carboxylic acids is 1. The molecule has 1 unspecified atom stereocenters. The van der Waals surface area contributed by atoms with Crippen molar-refractivity contribution in [2.45, 2.75) is 31.7 Å². The van der Waals surface area contributed by atoms with Crippen molar-refractivity contribution in [1.29, 1.82) is 0 Å². The van der Waals surface area contributed by atoms with E-state index in [1.165, 1.54) is 11.8 Å². The van der Waals surface area contributed by atoms with Gasteiger partial charge in [-0.2, -0.15) is 5.10 Å². The zero-order valence-electron chi connectivity index (χ0n) is 18.0. The third kappa shape index (κ3) is 6.31. The number of thioether (sulfide) groups is 1. The minimum atomic E-state index is -0.594. The van der Waals surface area contributed by atoms with Gasteiger partial charge in [0.2, 0.25) is 0 Å². The Bertz CT molecular complexity index is 982. The van der Waals surface area contributed by atoms with E-state index in [9.17, 15) is 4.79 Å². The number of para-hydroxylation sites is 1. The Hall–Kier alpha value is -2.85. The average Bonchev–Trinajstić information content (AvgIpc) is 3.20. The molecule has 3 aromatic rings. The summed E-state index contributed by atoms with van der Waals surface area (Å²) in [7, 11) is 0. The Morgan fingerprint density at radius 1 is 1.23 bits per heavy atom. The van der Waals surface area contributed by atoms with Gasteiger partial charge in [-0.1, -0.05) is 30.0 Å². The Morgan fingerprint density at radius 3 is 2.77 bits per heavy atom. The summed E-state index contributed by atoms with van der Waals surface area (Å²) in [5.41, 5.74) is 0.723. The standard InChI is InChI=1S/C21H28N6O3S/c1-4-29-13-11-22-18-17-14-24-27(19(17)26-21(25-18)31-3)12-10-23-20(28)15(2)30-16-8-6-5-7-9-16/h5-9,14-15H,4,10-13H2,1-3H3,(H,23,28)(H,22,25,26). The van der Waals surface area contributed by atoms with Crippen LogP contribution in [0.25, 0.3) is 11.0 Å². The molecule has 166 valence electrons. The molecule has 10 heteroatoms. The Kier molecular flexibility index (Phi) is 8.48. The van der Waals surface area contributed by atoms with E-state index in [2.05, 4.69) is 25.7 Å². The molecule has 1 atom stereocenters. The first-order valence-corrected chi connectivity index (χ1v) is 11.4. The molecule has 0 aliphatic rings. The molecule has 9 nitrogen and oxygen atoms in total. The number of hydrogen-bond acceptors (Lipinski definition) is 8. The fraction of sp³-hybridized carbons (Fsp3) is 0.429. The van der Waals surface area contributed by atoms with Crippen molar-refractivity contribution in [2.24, 2.45) is 0 Å². The van der Waals surface area contributed by atoms with Crippen LogP contribution < -0.4 is 15.4 Å². The molecule has 0 saturated carbocycles. The van der Waals surface area contributed by atoms with Gasteiger partial charge >= 0.3 is 0 Å². The normalized spacial score (nSPS) is 12.0. The minimum absolute atomic E-state index is 0.182. The number of ether oxygens (including phenoxy) is 2. The Balaban J connectivity index is 1.60. The summed E-state index contributed by atoms with van der Waals surface area (Å²) in [5.74, 6) is 1.21. The summed E-state index contributed by atoms with van der Waals surface area (Å²) in [6, 6.07) is 9.28. The molecule has 3 rings (SSSR count). The van der Waals surface area contributed by atoms with Gasteiger partial charge < -0.3 is 20.1 Å². The summed E-state index contributed by atoms with van der Waals surface area (Å²) < 4.78 is 12.8. The van der Waals surface area contributed by atoms with E-state index in [4.69, 9.17) is 9.47 Å². The summed E-state index contributed by atoms with van der Waals surface area (Å²) in [6.45, 7) is 6.50. The van der Waals surface area contributed by atoms with Crippen molar-refractivity contribution in [2.75, 3.05) is 37.9 Å². The molecule has 0 fully saturated rings. The summed E-state index contributed by atoms with van der Waals surface area (Å²) >= 11 is 1.47. The molecule has 0 bridgehead atoms. The molecule has 2 aromatic heterocycles. The Morgan fingerprint density at radius 2 is 2.03 bits per heavy atom. The van der Waals surface area contributed by atoms with E-state index in [-0.39, 0.29) is 5.91 Å². The van der Waals surface area contributed by atoms with Crippen molar-refractivity contribution >= 4 is 34.5 Å².